The van der Waals surface area contributed by atoms with Gasteiger partial charge in [0.25, 0.3) is 0 Å². The van der Waals surface area contributed by atoms with Crippen molar-refractivity contribution in [3.05, 3.63) is 22.1 Å². The molecule has 0 bridgehead atoms. The van der Waals surface area contributed by atoms with Crippen molar-refractivity contribution in [1.29, 1.82) is 0 Å². The van der Waals surface area contributed by atoms with Gasteiger partial charge in [-0.25, -0.2) is 0 Å². The quantitative estimate of drug-likeness (QED) is 0.684. The van der Waals surface area contributed by atoms with Crippen molar-refractivity contribution >= 4 is 20.4 Å². The minimum atomic E-state index is -0.894. The lowest BCUT2D eigenvalue weighted by Gasteiger charge is -2.04. The van der Waals surface area contributed by atoms with Gasteiger partial charge >= 0.3 is 0 Å². The summed E-state index contributed by atoms with van der Waals surface area (Å²) < 4.78 is 18.0. The molecule has 0 radical (unpaired) electrons. The molecule has 0 saturated heterocycles. The molecule has 68 valence electrons. The van der Waals surface area contributed by atoms with Gasteiger partial charge in [-0.3, -0.25) is 0 Å². The second kappa shape index (κ2) is 4.74. The van der Waals surface area contributed by atoms with Crippen molar-refractivity contribution in [2.75, 3.05) is 6.61 Å². The first-order chi connectivity index (χ1) is 5.68. The van der Waals surface area contributed by atoms with Crippen LogP contribution in [0.4, 0.5) is 4.39 Å². The van der Waals surface area contributed by atoms with Crippen LogP contribution in [-0.4, -0.2) is 15.6 Å². The maximum Gasteiger partial charge on any atom is 0.176 e. The van der Waals surface area contributed by atoms with Gasteiger partial charge in [0.2, 0.25) is 0 Å². The van der Waals surface area contributed by atoms with Crippen LogP contribution in [0.2, 0.25) is 13.1 Å². The van der Waals surface area contributed by atoms with E-state index in [1.54, 1.807) is 0 Å². The Kier molecular flexibility index (Phi) is 3.91. The summed E-state index contributed by atoms with van der Waals surface area (Å²) in [7, 11) is -0.894. The van der Waals surface area contributed by atoms with Crippen LogP contribution >= 0.6 is 11.3 Å². The normalized spacial score (nSPS) is 11.0. The SMILES string of the molecule is C[SiH](C)OCCc1ccc(F)s1. The van der Waals surface area contributed by atoms with Crippen LogP contribution in [0.3, 0.4) is 0 Å². The van der Waals surface area contributed by atoms with E-state index in [0.29, 0.717) is 0 Å². The summed E-state index contributed by atoms with van der Waals surface area (Å²) in [6.07, 6.45) is 0.847. The van der Waals surface area contributed by atoms with Crippen LogP contribution in [0.15, 0.2) is 12.1 Å². The van der Waals surface area contributed by atoms with Crippen molar-refractivity contribution in [1.82, 2.24) is 0 Å². The summed E-state index contributed by atoms with van der Waals surface area (Å²) in [5, 5.41) is -0.105. The molecule has 0 aromatic carbocycles. The molecule has 0 amide bonds. The molecular weight excluding hydrogens is 191 g/mol. The van der Waals surface area contributed by atoms with Crippen LogP contribution < -0.4 is 0 Å². The Morgan fingerprint density at radius 2 is 2.25 bits per heavy atom. The molecule has 1 heterocycles. The first kappa shape index (κ1) is 9.89. The highest BCUT2D eigenvalue weighted by Gasteiger charge is 2.00. The molecule has 0 fully saturated rings. The molecule has 1 aromatic heterocycles. The van der Waals surface area contributed by atoms with Crippen molar-refractivity contribution in [2.45, 2.75) is 19.5 Å². The van der Waals surface area contributed by atoms with E-state index in [1.807, 2.05) is 6.07 Å². The lowest BCUT2D eigenvalue weighted by molar-refractivity contribution is 0.332. The third-order valence-electron chi connectivity index (χ3n) is 1.43. The van der Waals surface area contributed by atoms with Crippen LogP contribution in [0, 0.1) is 5.13 Å². The molecule has 0 N–H and O–H groups in total. The Labute approximate surface area is 77.9 Å². The molecule has 0 aliphatic rings. The predicted octanol–water partition coefficient (Wildman–Crippen LogP) is 2.43. The third kappa shape index (κ3) is 3.47. The Balaban J connectivity index is 2.24. The van der Waals surface area contributed by atoms with Crippen molar-refractivity contribution < 1.29 is 8.82 Å². The second-order valence-electron chi connectivity index (χ2n) is 2.88. The molecule has 1 aromatic rings. The molecule has 12 heavy (non-hydrogen) atoms. The third-order valence-corrected chi connectivity index (χ3v) is 3.26. The maximum absolute atomic E-state index is 12.5. The molecule has 0 aliphatic heterocycles. The fourth-order valence-electron chi connectivity index (χ4n) is 0.881. The maximum atomic E-state index is 12.5. The van der Waals surface area contributed by atoms with Crippen LogP contribution in [0.1, 0.15) is 4.88 Å². The highest BCUT2D eigenvalue weighted by atomic mass is 32.1. The average molecular weight is 204 g/mol. The van der Waals surface area contributed by atoms with E-state index in [4.69, 9.17) is 4.43 Å². The molecule has 0 spiro atoms. The Bertz CT molecular complexity index is 237. The summed E-state index contributed by atoms with van der Waals surface area (Å²) in [4.78, 5) is 1.07. The predicted molar refractivity (Wildman–Crippen MR) is 52.8 cm³/mol. The zero-order valence-corrected chi connectivity index (χ0v) is 9.31. The van der Waals surface area contributed by atoms with Gasteiger partial charge in [-0.05, 0) is 25.2 Å². The Hall–Kier alpha value is -0.193. The molecule has 4 heteroatoms. The highest BCUT2D eigenvalue weighted by Crippen LogP contribution is 2.14. The van der Waals surface area contributed by atoms with Crippen molar-refractivity contribution in [3.8, 4) is 0 Å². The standard InChI is InChI=1S/C8H13FOSSi/c1-12(2)10-6-5-7-3-4-8(9)11-7/h3-4,12H,5-6H2,1-2H3. The topological polar surface area (TPSA) is 9.23 Å². The Morgan fingerprint density at radius 3 is 2.75 bits per heavy atom. The van der Waals surface area contributed by atoms with Gasteiger partial charge in [-0.1, -0.05) is 0 Å². The highest BCUT2D eigenvalue weighted by molar-refractivity contribution is 7.10. The molecule has 1 nitrogen and oxygen atoms in total. The van der Waals surface area contributed by atoms with Gasteiger partial charge < -0.3 is 4.43 Å². The van der Waals surface area contributed by atoms with Crippen LogP contribution in [-0.2, 0) is 10.8 Å². The minimum absolute atomic E-state index is 0.105. The summed E-state index contributed by atoms with van der Waals surface area (Å²) in [5.41, 5.74) is 0. The summed E-state index contributed by atoms with van der Waals surface area (Å²) in [5.74, 6) is 0. The van der Waals surface area contributed by atoms with Crippen molar-refractivity contribution in [2.24, 2.45) is 0 Å². The fourth-order valence-corrected chi connectivity index (χ4v) is 2.18. The summed E-state index contributed by atoms with van der Waals surface area (Å²) in [6, 6.07) is 3.33. The number of rotatable bonds is 4. The molecule has 0 atom stereocenters. The largest absolute Gasteiger partial charge is 0.420 e. The lowest BCUT2D eigenvalue weighted by Crippen LogP contribution is -2.09. The van der Waals surface area contributed by atoms with E-state index >= 15 is 0 Å². The summed E-state index contributed by atoms with van der Waals surface area (Å²) >= 11 is 1.21. The molecule has 0 unspecified atom stereocenters. The first-order valence-corrected chi connectivity index (χ1v) is 7.64. The van der Waals surface area contributed by atoms with E-state index in [0.717, 1.165) is 17.9 Å². The number of hydrogen-bond acceptors (Lipinski definition) is 2. The van der Waals surface area contributed by atoms with Gasteiger partial charge in [0, 0.05) is 17.9 Å². The molecule has 0 aliphatic carbocycles. The van der Waals surface area contributed by atoms with Gasteiger partial charge in [-0.15, -0.1) is 11.3 Å². The molecule has 1 rings (SSSR count). The van der Waals surface area contributed by atoms with Crippen LogP contribution in [0.5, 0.6) is 0 Å². The first-order valence-electron chi connectivity index (χ1n) is 4.04. The lowest BCUT2D eigenvalue weighted by atomic mass is 10.4. The molecule has 0 saturated carbocycles. The zero-order chi connectivity index (χ0) is 8.97. The van der Waals surface area contributed by atoms with Crippen LogP contribution in [0.25, 0.3) is 0 Å². The van der Waals surface area contributed by atoms with Gasteiger partial charge in [0.1, 0.15) is 0 Å². The van der Waals surface area contributed by atoms with Gasteiger partial charge in [0.15, 0.2) is 14.2 Å². The average Bonchev–Trinajstić information content (AvgIpc) is 2.35. The summed E-state index contributed by atoms with van der Waals surface area (Å²) in [6.45, 7) is 5.01. The van der Waals surface area contributed by atoms with E-state index in [1.165, 1.54) is 17.4 Å². The van der Waals surface area contributed by atoms with E-state index in [2.05, 4.69) is 13.1 Å². The zero-order valence-electron chi connectivity index (χ0n) is 7.34. The minimum Gasteiger partial charge on any atom is -0.420 e. The number of thiophene rings is 1. The fraction of sp³-hybridized carbons (Fsp3) is 0.500. The smallest absolute Gasteiger partial charge is 0.176 e. The monoisotopic (exact) mass is 204 g/mol. The van der Waals surface area contributed by atoms with Gasteiger partial charge in [-0.2, -0.15) is 4.39 Å². The van der Waals surface area contributed by atoms with E-state index < -0.39 is 9.04 Å². The van der Waals surface area contributed by atoms with E-state index in [9.17, 15) is 4.39 Å². The second-order valence-corrected chi connectivity index (χ2v) is 6.42. The van der Waals surface area contributed by atoms with Crippen molar-refractivity contribution in [3.63, 3.8) is 0 Å². The van der Waals surface area contributed by atoms with E-state index in [-0.39, 0.29) is 5.13 Å². The number of halogens is 1. The number of hydrogen-bond donors (Lipinski definition) is 0. The molecular formula is C8H13FOSSi. The van der Waals surface area contributed by atoms with Gasteiger partial charge in [0.05, 0.1) is 0 Å². The Morgan fingerprint density at radius 1 is 1.50 bits per heavy atom.